The van der Waals surface area contributed by atoms with Crippen LogP contribution < -0.4 is 5.73 Å². The van der Waals surface area contributed by atoms with E-state index in [9.17, 15) is 13.2 Å². The van der Waals surface area contributed by atoms with E-state index in [0.717, 1.165) is 0 Å². The van der Waals surface area contributed by atoms with Crippen molar-refractivity contribution < 1.29 is 13.2 Å². The third-order valence-electron chi connectivity index (χ3n) is 2.67. The molecule has 2 aromatic carbocycles. The summed E-state index contributed by atoms with van der Waals surface area (Å²) in [5, 5.41) is 0.367. The maximum atomic E-state index is 13.7. The Morgan fingerprint density at radius 3 is 1.84 bits per heavy atom. The Kier molecular flexibility index (Phi) is 4.04. The average molecular weight is 306 g/mol. The molecule has 1 unspecified atom stereocenters. The first kappa shape index (κ1) is 14.2. The Bertz CT molecular complexity index is 588. The van der Waals surface area contributed by atoms with E-state index in [4.69, 9.17) is 28.9 Å². The number of hydrogen-bond donors (Lipinski definition) is 1. The molecule has 1 nitrogen and oxygen atoms in total. The minimum atomic E-state index is -1.22. The van der Waals surface area contributed by atoms with Crippen molar-refractivity contribution in [1.29, 1.82) is 0 Å². The van der Waals surface area contributed by atoms with Crippen LogP contribution in [0.15, 0.2) is 30.3 Å². The summed E-state index contributed by atoms with van der Waals surface area (Å²) in [6, 6.07) is 4.48. The molecule has 0 aliphatic heterocycles. The average Bonchev–Trinajstić information content (AvgIpc) is 2.26. The molecule has 0 spiro atoms. The summed E-state index contributed by atoms with van der Waals surface area (Å²) >= 11 is 11.9. The van der Waals surface area contributed by atoms with Crippen molar-refractivity contribution in [3.8, 4) is 0 Å². The lowest BCUT2D eigenvalue weighted by Gasteiger charge is -2.17. The molecule has 0 saturated heterocycles. The van der Waals surface area contributed by atoms with Gasteiger partial charge in [0.2, 0.25) is 0 Å². The molecule has 0 radical (unpaired) electrons. The van der Waals surface area contributed by atoms with Gasteiger partial charge >= 0.3 is 0 Å². The molecule has 0 fully saturated rings. The fraction of sp³-hybridized carbons (Fsp3) is 0.0769. The summed E-state index contributed by atoms with van der Waals surface area (Å²) in [7, 11) is 0. The molecule has 0 amide bonds. The van der Waals surface area contributed by atoms with Gasteiger partial charge in [-0.05, 0) is 12.1 Å². The second kappa shape index (κ2) is 5.41. The van der Waals surface area contributed by atoms with Crippen LogP contribution in [-0.2, 0) is 0 Å². The highest BCUT2D eigenvalue weighted by molar-refractivity contribution is 6.36. The van der Waals surface area contributed by atoms with E-state index >= 15 is 0 Å². The van der Waals surface area contributed by atoms with E-state index in [2.05, 4.69) is 0 Å². The van der Waals surface area contributed by atoms with Crippen molar-refractivity contribution in [2.45, 2.75) is 6.04 Å². The normalized spacial score (nSPS) is 12.5. The van der Waals surface area contributed by atoms with Gasteiger partial charge in [-0.2, -0.15) is 0 Å². The summed E-state index contributed by atoms with van der Waals surface area (Å²) in [5.74, 6) is -3.18. The predicted molar refractivity (Wildman–Crippen MR) is 68.8 cm³/mol. The van der Waals surface area contributed by atoms with Crippen LogP contribution in [0.3, 0.4) is 0 Å². The van der Waals surface area contributed by atoms with Crippen LogP contribution in [0, 0.1) is 17.5 Å². The zero-order valence-corrected chi connectivity index (χ0v) is 10.9. The van der Waals surface area contributed by atoms with Gasteiger partial charge in [-0.1, -0.05) is 29.3 Å². The summed E-state index contributed by atoms with van der Waals surface area (Å²) in [4.78, 5) is 0. The lowest BCUT2D eigenvalue weighted by atomic mass is 9.98. The van der Waals surface area contributed by atoms with Gasteiger partial charge in [0.1, 0.15) is 17.5 Å². The molecule has 19 heavy (non-hydrogen) atoms. The molecule has 2 N–H and O–H groups in total. The molecule has 2 rings (SSSR count). The number of nitrogens with two attached hydrogens (primary N) is 1. The van der Waals surface area contributed by atoms with E-state index in [1.165, 1.54) is 12.1 Å². The minimum Gasteiger partial charge on any atom is -0.320 e. The van der Waals surface area contributed by atoms with Crippen LogP contribution in [0.5, 0.6) is 0 Å². The predicted octanol–water partition coefficient (Wildman–Crippen LogP) is 4.46. The molecule has 2 aromatic rings. The summed E-state index contributed by atoms with van der Waals surface area (Å²) < 4.78 is 40.2. The van der Waals surface area contributed by atoms with Crippen molar-refractivity contribution in [1.82, 2.24) is 0 Å². The van der Waals surface area contributed by atoms with E-state index in [0.29, 0.717) is 12.1 Å². The van der Waals surface area contributed by atoms with Crippen LogP contribution in [0.1, 0.15) is 17.2 Å². The fourth-order valence-corrected chi connectivity index (χ4v) is 2.44. The molecular weight excluding hydrogens is 298 g/mol. The molecule has 0 aliphatic carbocycles. The smallest absolute Gasteiger partial charge is 0.134 e. The molecule has 0 saturated carbocycles. The minimum absolute atomic E-state index is 0.183. The van der Waals surface area contributed by atoms with Gasteiger partial charge in [0.05, 0.1) is 6.04 Å². The fourth-order valence-electron chi connectivity index (χ4n) is 1.80. The van der Waals surface area contributed by atoms with Gasteiger partial charge in [-0.25, -0.2) is 13.2 Å². The second-order valence-corrected chi connectivity index (χ2v) is 4.71. The van der Waals surface area contributed by atoms with E-state index in [-0.39, 0.29) is 15.6 Å². The maximum Gasteiger partial charge on any atom is 0.134 e. The standard InChI is InChI=1S/C13H8Cl2F3N/c14-7-2-1-3-8(15)11(7)13(19)12-9(17)4-6(16)5-10(12)18/h1-5,13H,19H2. The quantitative estimate of drug-likeness (QED) is 0.871. The number of benzene rings is 2. The van der Waals surface area contributed by atoms with Crippen LogP contribution in [0.2, 0.25) is 10.0 Å². The van der Waals surface area contributed by atoms with Crippen LogP contribution >= 0.6 is 23.2 Å². The lowest BCUT2D eigenvalue weighted by Crippen LogP contribution is -2.17. The van der Waals surface area contributed by atoms with Crippen molar-refractivity contribution in [2.75, 3.05) is 0 Å². The lowest BCUT2D eigenvalue weighted by molar-refractivity contribution is 0.515. The Morgan fingerprint density at radius 2 is 1.37 bits per heavy atom. The maximum absolute atomic E-state index is 13.7. The first-order valence-corrected chi connectivity index (χ1v) is 6.01. The zero-order chi connectivity index (χ0) is 14.2. The first-order valence-electron chi connectivity index (χ1n) is 5.25. The summed E-state index contributed by atoms with van der Waals surface area (Å²) in [6.45, 7) is 0. The summed E-state index contributed by atoms with van der Waals surface area (Å²) in [6.07, 6.45) is 0. The molecule has 6 heteroatoms. The summed E-state index contributed by atoms with van der Waals surface area (Å²) in [5.41, 5.74) is 5.51. The van der Waals surface area contributed by atoms with Gasteiger partial charge in [0, 0.05) is 33.3 Å². The molecule has 0 heterocycles. The van der Waals surface area contributed by atoms with Crippen LogP contribution in [0.25, 0.3) is 0 Å². The van der Waals surface area contributed by atoms with Crippen LogP contribution in [-0.4, -0.2) is 0 Å². The number of halogens is 5. The van der Waals surface area contributed by atoms with Gasteiger partial charge in [0.25, 0.3) is 0 Å². The van der Waals surface area contributed by atoms with Gasteiger partial charge < -0.3 is 5.73 Å². The highest BCUT2D eigenvalue weighted by Gasteiger charge is 2.23. The third kappa shape index (κ3) is 2.71. The molecule has 0 aromatic heterocycles. The largest absolute Gasteiger partial charge is 0.320 e. The second-order valence-electron chi connectivity index (χ2n) is 3.90. The number of rotatable bonds is 2. The van der Waals surface area contributed by atoms with Crippen molar-refractivity contribution in [2.24, 2.45) is 5.73 Å². The van der Waals surface area contributed by atoms with Crippen LogP contribution in [0.4, 0.5) is 13.2 Å². The van der Waals surface area contributed by atoms with Gasteiger partial charge in [-0.3, -0.25) is 0 Å². The Hall–Kier alpha value is -1.23. The van der Waals surface area contributed by atoms with Gasteiger partial charge in [0.15, 0.2) is 0 Å². The molecule has 100 valence electrons. The molecular formula is C13H8Cl2F3N. The van der Waals surface area contributed by atoms with E-state index in [1.54, 1.807) is 6.07 Å². The number of hydrogen-bond acceptors (Lipinski definition) is 1. The Labute approximate surface area is 117 Å². The first-order chi connectivity index (χ1) is 8.91. The zero-order valence-electron chi connectivity index (χ0n) is 9.43. The molecule has 0 bridgehead atoms. The topological polar surface area (TPSA) is 26.0 Å². The van der Waals surface area contributed by atoms with Gasteiger partial charge in [-0.15, -0.1) is 0 Å². The SMILES string of the molecule is NC(c1c(F)cc(F)cc1F)c1c(Cl)cccc1Cl. The molecule has 0 aliphatic rings. The molecule has 1 atom stereocenters. The Morgan fingerprint density at radius 1 is 0.895 bits per heavy atom. The van der Waals surface area contributed by atoms with Crippen molar-refractivity contribution >= 4 is 23.2 Å². The highest BCUT2D eigenvalue weighted by atomic mass is 35.5. The third-order valence-corrected chi connectivity index (χ3v) is 3.32. The van der Waals surface area contributed by atoms with E-state index in [1.807, 2.05) is 0 Å². The van der Waals surface area contributed by atoms with Crippen molar-refractivity contribution in [3.63, 3.8) is 0 Å². The van der Waals surface area contributed by atoms with E-state index < -0.39 is 29.1 Å². The van der Waals surface area contributed by atoms with Crippen molar-refractivity contribution in [3.05, 3.63) is 69.0 Å². The highest BCUT2D eigenvalue weighted by Crippen LogP contribution is 2.34. The monoisotopic (exact) mass is 305 g/mol. The Balaban J connectivity index is 2.60.